The Labute approximate surface area is 196 Å². The number of halogens is 3. The Morgan fingerprint density at radius 3 is 2.69 bits per heavy atom. The number of nitrogens with zero attached hydrogens (tertiary/aromatic N) is 4. The molecule has 0 aliphatic rings. The van der Waals surface area contributed by atoms with E-state index in [9.17, 15) is 22.8 Å². The van der Waals surface area contributed by atoms with Gasteiger partial charge in [-0.25, -0.2) is 4.68 Å². The van der Waals surface area contributed by atoms with Gasteiger partial charge in [-0.05, 0) is 36.4 Å². The molecule has 2 N–H and O–H groups in total. The Morgan fingerprint density at radius 1 is 1.11 bits per heavy atom. The summed E-state index contributed by atoms with van der Waals surface area (Å²) in [5.74, 6) is -0.576. The number of carbonyl (C=O) groups is 2. The summed E-state index contributed by atoms with van der Waals surface area (Å²) < 4.78 is 51.6. The summed E-state index contributed by atoms with van der Waals surface area (Å²) in [6, 6.07) is 9.22. The first-order chi connectivity index (χ1) is 16.7. The van der Waals surface area contributed by atoms with Crippen molar-refractivity contribution in [3.05, 3.63) is 83.8 Å². The van der Waals surface area contributed by atoms with Gasteiger partial charge in [0.2, 0.25) is 0 Å². The van der Waals surface area contributed by atoms with Crippen molar-refractivity contribution < 1.29 is 31.9 Å². The highest BCUT2D eigenvalue weighted by Gasteiger charge is 2.30. The summed E-state index contributed by atoms with van der Waals surface area (Å²) in [4.78, 5) is 25.2. The number of aromatic nitrogens is 4. The van der Waals surface area contributed by atoms with Crippen molar-refractivity contribution in [1.29, 1.82) is 0 Å². The molecule has 10 nitrogen and oxygen atoms in total. The van der Waals surface area contributed by atoms with Gasteiger partial charge in [0, 0.05) is 19.4 Å². The predicted octanol–water partition coefficient (Wildman–Crippen LogP) is 3.45. The van der Waals surface area contributed by atoms with E-state index in [1.165, 1.54) is 46.2 Å². The van der Waals surface area contributed by atoms with Crippen LogP contribution in [0.2, 0.25) is 0 Å². The molecule has 35 heavy (non-hydrogen) atoms. The number of carbonyl (C=O) groups excluding carboxylic acids is 2. The standard InChI is InChI=1S/C22H19F3N6O4/c1-30-12-18(19(29-30)21(33)26-11-16-6-3-9-34-16)27-20(32)17-7-8-31(28-17)13-35-15-5-2-4-14(10-15)22(23,24)25/h2-10,12H,11,13H2,1H3,(H,26,33)(H,27,32). The number of alkyl halides is 3. The molecule has 3 heterocycles. The van der Waals surface area contributed by atoms with Crippen LogP contribution in [0.1, 0.15) is 32.3 Å². The van der Waals surface area contributed by atoms with E-state index >= 15 is 0 Å². The van der Waals surface area contributed by atoms with Crippen LogP contribution in [0.5, 0.6) is 5.75 Å². The lowest BCUT2D eigenvalue weighted by Crippen LogP contribution is -2.25. The Hall–Kier alpha value is -4.55. The highest BCUT2D eigenvalue weighted by molar-refractivity contribution is 6.07. The lowest BCUT2D eigenvalue weighted by molar-refractivity contribution is -0.137. The summed E-state index contributed by atoms with van der Waals surface area (Å²) >= 11 is 0. The zero-order valence-electron chi connectivity index (χ0n) is 18.2. The number of anilines is 1. The largest absolute Gasteiger partial charge is 0.471 e. The Morgan fingerprint density at radius 2 is 1.94 bits per heavy atom. The molecule has 2 amide bonds. The zero-order chi connectivity index (χ0) is 25.0. The molecular formula is C22H19F3N6O4. The van der Waals surface area contributed by atoms with Crippen LogP contribution in [0, 0.1) is 0 Å². The number of benzene rings is 1. The maximum atomic E-state index is 12.8. The molecule has 0 radical (unpaired) electrons. The molecule has 0 spiro atoms. The SMILES string of the molecule is Cn1cc(NC(=O)c2ccn(COc3cccc(C(F)(F)F)c3)n2)c(C(=O)NCc2ccco2)n1. The number of rotatable bonds is 8. The van der Waals surface area contributed by atoms with Gasteiger partial charge in [0.05, 0.1) is 24.1 Å². The molecule has 0 atom stereocenters. The van der Waals surface area contributed by atoms with E-state index < -0.39 is 23.6 Å². The first-order valence-electron chi connectivity index (χ1n) is 10.2. The average Bonchev–Trinajstić information content (AvgIpc) is 3.57. The smallest absolute Gasteiger partial charge is 0.416 e. The zero-order valence-corrected chi connectivity index (χ0v) is 18.2. The Bertz CT molecular complexity index is 1330. The van der Waals surface area contributed by atoms with E-state index in [1.54, 1.807) is 19.2 Å². The monoisotopic (exact) mass is 488 g/mol. The van der Waals surface area contributed by atoms with Crippen molar-refractivity contribution in [3.8, 4) is 5.75 Å². The van der Waals surface area contributed by atoms with Crippen molar-refractivity contribution in [2.45, 2.75) is 19.5 Å². The molecule has 1 aromatic carbocycles. The number of nitrogens with one attached hydrogen (secondary N) is 2. The Balaban J connectivity index is 1.37. The topological polar surface area (TPSA) is 116 Å². The van der Waals surface area contributed by atoms with E-state index in [2.05, 4.69) is 20.8 Å². The predicted molar refractivity (Wildman–Crippen MR) is 115 cm³/mol. The second-order valence-electron chi connectivity index (χ2n) is 7.32. The minimum Gasteiger partial charge on any atom is -0.471 e. The van der Waals surface area contributed by atoms with Gasteiger partial charge in [-0.2, -0.15) is 23.4 Å². The van der Waals surface area contributed by atoms with Crippen LogP contribution in [0.25, 0.3) is 0 Å². The third-order valence-electron chi connectivity index (χ3n) is 4.69. The van der Waals surface area contributed by atoms with Gasteiger partial charge in [0.15, 0.2) is 18.1 Å². The summed E-state index contributed by atoms with van der Waals surface area (Å²) in [6.45, 7) is -0.0754. The molecule has 0 aliphatic heterocycles. The van der Waals surface area contributed by atoms with Gasteiger partial charge in [0.25, 0.3) is 11.8 Å². The number of aryl methyl sites for hydroxylation is 1. The first kappa shape index (κ1) is 23.6. The van der Waals surface area contributed by atoms with Gasteiger partial charge in [0.1, 0.15) is 11.5 Å². The van der Waals surface area contributed by atoms with Gasteiger partial charge < -0.3 is 19.8 Å². The molecule has 4 rings (SSSR count). The maximum Gasteiger partial charge on any atom is 0.416 e. The van der Waals surface area contributed by atoms with Crippen molar-refractivity contribution in [3.63, 3.8) is 0 Å². The third kappa shape index (κ3) is 5.88. The molecule has 0 bridgehead atoms. The van der Waals surface area contributed by atoms with E-state index in [-0.39, 0.29) is 36.1 Å². The summed E-state index contributed by atoms with van der Waals surface area (Å²) in [5, 5.41) is 13.4. The van der Waals surface area contributed by atoms with Gasteiger partial charge in [-0.1, -0.05) is 6.07 Å². The van der Waals surface area contributed by atoms with Crippen LogP contribution >= 0.6 is 0 Å². The molecule has 0 saturated carbocycles. The number of ether oxygens (including phenoxy) is 1. The molecule has 182 valence electrons. The molecule has 0 saturated heterocycles. The molecule has 4 aromatic rings. The summed E-state index contributed by atoms with van der Waals surface area (Å²) in [5.41, 5.74) is -0.664. The van der Waals surface area contributed by atoms with E-state index in [4.69, 9.17) is 9.15 Å². The first-order valence-corrected chi connectivity index (χ1v) is 10.2. The fourth-order valence-corrected chi connectivity index (χ4v) is 3.06. The lowest BCUT2D eigenvalue weighted by atomic mass is 10.2. The van der Waals surface area contributed by atoms with Gasteiger partial charge in [-0.3, -0.25) is 14.3 Å². The van der Waals surface area contributed by atoms with Crippen LogP contribution in [0.4, 0.5) is 18.9 Å². The van der Waals surface area contributed by atoms with E-state index in [1.807, 2.05) is 0 Å². The van der Waals surface area contributed by atoms with Crippen LogP contribution in [-0.2, 0) is 26.5 Å². The fourth-order valence-electron chi connectivity index (χ4n) is 3.06. The van der Waals surface area contributed by atoms with Crippen molar-refractivity contribution in [2.24, 2.45) is 7.05 Å². The number of amides is 2. The fraction of sp³-hybridized carbons (Fsp3) is 0.182. The highest BCUT2D eigenvalue weighted by atomic mass is 19.4. The third-order valence-corrected chi connectivity index (χ3v) is 4.69. The number of hydrogen-bond acceptors (Lipinski definition) is 6. The van der Waals surface area contributed by atoms with Crippen LogP contribution in [0.3, 0.4) is 0 Å². The second kappa shape index (κ2) is 9.75. The average molecular weight is 488 g/mol. The number of furan rings is 1. The molecular weight excluding hydrogens is 469 g/mol. The van der Waals surface area contributed by atoms with Crippen LogP contribution < -0.4 is 15.4 Å². The summed E-state index contributed by atoms with van der Waals surface area (Å²) in [6.07, 6.45) is -0.106. The number of hydrogen-bond donors (Lipinski definition) is 2. The van der Waals surface area contributed by atoms with Gasteiger partial charge >= 0.3 is 6.18 Å². The van der Waals surface area contributed by atoms with E-state index in [0.29, 0.717) is 5.76 Å². The molecule has 13 heteroatoms. The Kier molecular flexibility index (Phi) is 6.57. The molecule has 0 fully saturated rings. The van der Waals surface area contributed by atoms with Crippen molar-refractivity contribution in [1.82, 2.24) is 24.9 Å². The summed E-state index contributed by atoms with van der Waals surface area (Å²) in [7, 11) is 1.60. The molecule has 0 unspecified atom stereocenters. The van der Waals surface area contributed by atoms with Crippen LogP contribution in [-0.4, -0.2) is 31.4 Å². The molecule has 0 aliphatic carbocycles. The van der Waals surface area contributed by atoms with Crippen molar-refractivity contribution in [2.75, 3.05) is 5.32 Å². The van der Waals surface area contributed by atoms with Gasteiger partial charge in [-0.15, -0.1) is 0 Å². The molecule has 3 aromatic heterocycles. The normalized spacial score (nSPS) is 11.3. The highest BCUT2D eigenvalue weighted by Crippen LogP contribution is 2.31. The second-order valence-corrected chi connectivity index (χ2v) is 7.32. The lowest BCUT2D eigenvalue weighted by Gasteiger charge is -2.10. The van der Waals surface area contributed by atoms with Crippen molar-refractivity contribution >= 4 is 17.5 Å². The minimum absolute atomic E-state index is 0.000261. The van der Waals surface area contributed by atoms with Crippen LogP contribution in [0.15, 0.2) is 65.5 Å². The quantitative estimate of drug-likeness (QED) is 0.393. The maximum absolute atomic E-state index is 12.8. The minimum atomic E-state index is -4.49. The van der Waals surface area contributed by atoms with E-state index in [0.717, 1.165) is 12.1 Å².